The molecular formula is C15H19BrN4O. The molecule has 21 heavy (non-hydrogen) atoms. The fourth-order valence-electron chi connectivity index (χ4n) is 2.12. The summed E-state index contributed by atoms with van der Waals surface area (Å²) in [6.45, 7) is 5.28. The number of ether oxygens (including phenoxy) is 1. The molecule has 5 nitrogen and oxygen atoms in total. The van der Waals surface area contributed by atoms with Crippen molar-refractivity contribution in [2.24, 2.45) is 5.73 Å². The van der Waals surface area contributed by atoms with Crippen LogP contribution in [0, 0.1) is 5.41 Å². The maximum atomic E-state index is 7.58. The van der Waals surface area contributed by atoms with Gasteiger partial charge in [0.25, 0.3) is 0 Å². The second-order valence-corrected chi connectivity index (χ2v) is 5.37. The number of nitrogens with one attached hydrogen (secondary N) is 1. The normalized spacial score (nSPS) is 10.6. The molecule has 3 N–H and O–H groups in total. The van der Waals surface area contributed by atoms with Gasteiger partial charge in [0.2, 0.25) is 0 Å². The summed E-state index contributed by atoms with van der Waals surface area (Å²) < 4.78 is 8.78. The van der Waals surface area contributed by atoms with Crippen molar-refractivity contribution in [3.8, 4) is 5.75 Å². The summed E-state index contributed by atoms with van der Waals surface area (Å²) >= 11 is 3.59. The number of aryl methyl sites for hydroxylation is 2. The Kier molecular flexibility index (Phi) is 5.01. The Bertz CT molecular complexity index is 651. The highest BCUT2D eigenvalue weighted by molar-refractivity contribution is 9.10. The number of aromatic nitrogens is 2. The minimum absolute atomic E-state index is 0.00270. The molecule has 1 heterocycles. The van der Waals surface area contributed by atoms with Gasteiger partial charge in [0.05, 0.1) is 21.4 Å². The van der Waals surface area contributed by atoms with Gasteiger partial charge < -0.3 is 10.5 Å². The monoisotopic (exact) mass is 350 g/mol. The van der Waals surface area contributed by atoms with Crippen LogP contribution in [0.2, 0.25) is 0 Å². The van der Waals surface area contributed by atoms with Crippen LogP contribution in [0.1, 0.15) is 30.8 Å². The van der Waals surface area contributed by atoms with E-state index in [1.54, 1.807) is 6.07 Å². The van der Waals surface area contributed by atoms with Crippen LogP contribution in [-0.4, -0.2) is 15.6 Å². The molecule has 0 aliphatic carbocycles. The third kappa shape index (κ3) is 3.26. The maximum Gasteiger partial charge on any atom is 0.131 e. The molecule has 112 valence electrons. The van der Waals surface area contributed by atoms with Gasteiger partial charge in [0, 0.05) is 6.54 Å². The molecule has 0 atom stereocenters. The van der Waals surface area contributed by atoms with E-state index in [0.29, 0.717) is 17.9 Å². The number of nitrogens with two attached hydrogens (primary N) is 1. The van der Waals surface area contributed by atoms with E-state index in [2.05, 4.69) is 28.0 Å². The Labute approximate surface area is 132 Å². The van der Waals surface area contributed by atoms with Gasteiger partial charge in [-0.2, -0.15) is 5.10 Å². The third-order valence-corrected chi connectivity index (χ3v) is 4.15. The molecule has 0 amide bonds. The Morgan fingerprint density at radius 3 is 2.71 bits per heavy atom. The zero-order valence-corrected chi connectivity index (χ0v) is 13.8. The summed E-state index contributed by atoms with van der Waals surface area (Å²) in [5, 5.41) is 12.1. The number of para-hydroxylation sites is 1. The van der Waals surface area contributed by atoms with Crippen molar-refractivity contribution < 1.29 is 4.74 Å². The van der Waals surface area contributed by atoms with Crippen LogP contribution < -0.4 is 10.5 Å². The summed E-state index contributed by atoms with van der Waals surface area (Å²) in [4.78, 5) is 0. The molecule has 0 aliphatic heterocycles. The van der Waals surface area contributed by atoms with Crippen LogP contribution >= 0.6 is 15.9 Å². The third-order valence-electron chi connectivity index (χ3n) is 3.24. The van der Waals surface area contributed by atoms with Gasteiger partial charge in [-0.15, -0.1) is 0 Å². The molecule has 0 bridgehead atoms. The number of halogens is 1. The van der Waals surface area contributed by atoms with Crippen LogP contribution in [0.3, 0.4) is 0 Å². The summed E-state index contributed by atoms with van der Waals surface area (Å²) in [6, 6.07) is 7.30. The molecule has 1 aromatic heterocycles. The molecule has 0 fully saturated rings. The molecule has 1 aromatic carbocycles. The lowest BCUT2D eigenvalue weighted by atomic mass is 10.2. The summed E-state index contributed by atoms with van der Waals surface area (Å²) in [7, 11) is 0. The predicted molar refractivity (Wildman–Crippen MR) is 86.8 cm³/mol. The quantitative estimate of drug-likeness (QED) is 0.620. The number of nitrogen functional groups attached to an aromatic ring is 1. The number of benzene rings is 1. The Morgan fingerprint density at radius 2 is 2.10 bits per heavy atom. The van der Waals surface area contributed by atoms with Crippen LogP contribution in [0.4, 0.5) is 0 Å². The van der Waals surface area contributed by atoms with E-state index in [9.17, 15) is 0 Å². The van der Waals surface area contributed by atoms with Crippen molar-refractivity contribution in [2.45, 2.75) is 33.4 Å². The summed E-state index contributed by atoms with van der Waals surface area (Å²) in [5.41, 5.74) is 8.19. The minimum Gasteiger partial charge on any atom is -0.487 e. The van der Waals surface area contributed by atoms with Crippen LogP contribution in [0.25, 0.3) is 0 Å². The molecule has 0 unspecified atom stereocenters. The highest BCUT2D eigenvalue weighted by Gasteiger charge is 2.15. The molecule has 0 saturated heterocycles. The molecule has 2 aromatic rings. The summed E-state index contributed by atoms with van der Waals surface area (Å²) in [5.74, 6) is 0.613. The molecule has 0 radical (unpaired) electrons. The number of hydrogen-bond donors (Lipinski definition) is 2. The number of hydrogen-bond acceptors (Lipinski definition) is 3. The zero-order valence-electron chi connectivity index (χ0n) is 12.2. The average Bonchev–Trinajstić information content (AvgIpc) is 2.80. The van der Waals surface area contributed by atoms with Crippen molar-refractivity contribution in [3.63, 3.8) is 0 Å². The average molecular weight is 351 g/mol. The SMILES string of the molecule is CCc1nn(CC)c(COc2ccccc2C(=N)N)c1Br. The minimum atomic E-state index is 0.00270. The highest BCUT2D eigenvalue weighted by Crippen LogP contribution is 2.25. The van der Waals surface area contributed by atoms with E-state index >= 15 is 0 Å². The second kappa shape index (κ2) is 6.76. The van der Waals surface area contributed by atoms with Gasteiger partial charge in [-0.05, 0) is 41.4 Å². The van der Waals surface area contributed by atoms with Crippen molar-refractivity contribution in [2.75, 3.05) is 0 Å². The van der Waals surface area contributed by atoms with E-state index in [0.717, 1.165) is 28.8 Å². The lowest BCUT2D eigenvalue weighted by Crippen LogP contribution is -2.14. The van der Waals surface area contributed by atoms with Gasteiger partial charge in [-0.1, -0.05) is 19.1 Å². The standard InChI is InChI=1S/C15H19BrN4O/c1-3-11-14(16)12(20(4-2)19-11)9-21-13-8-6-5-7-10(13)15(17)18/h5-8H,3-4,9H2,1-2H3,(H3,17,18). The topological polar surface area (TPSA) is 76.9 Å². The van der Waals surface area contributed by atoms with E-state index in [1.807, 2.05) is 29.8 Å². The van der Waals surface area contributed by atoms with Gasteiger partial charge >= 0.3 is 0 Å². The molecule has 6 heteroatoms. The fourth-order valence-corrected chi connectivity index (χ4v) is 2.80. The van der Waals surface area contributed by atoms with E-state index in [4.69, 9.17) is 15.9 Å². The Hall–Kier alpha value is -1.82. The van der Waals surface area contributed by atoms with Crippen molar-refractivity contribution in [1.29, 1.82) is 5.41 Å². The fraction of sp³-hybridized carbons (Fsp3) is 0.333. The van der Waals surface area contributed by atoms with Crippen LogP contribution in [0.5, 0.6) is 5.75 Å². The van der Waals surface area contributed by atoms with Crippen molar-refractivity contribution >= 4 is 21.8 Å². The predicted octanol–water partition coefficient (Wildman–Crippen LogP) is 3.09. The molecule has 0 aliphatic rings. The largest absolute Gasteiger partial charge is 0.487 e. The van der Waals surface area contributed by atoms with Gasteiger partial charge in [-0.25, -0.2) is 0 Å². The van der Waals surface area contributed by atoms with Gasteiger partial charge in [-0.3, -0.25) is 10.1 Å². The molecule has 0 spiro atoms. The molecular weight excluding hydrogens is 332 g/mol. The first-order chi connectivity index (χ1) is 10.1. The van der Waals surface area contributed by atoms with Gasteiger partial charge in [0.1, 0.15) is 18.2 Å². The van der Waals surface area contributed by atoms with E-state index in [1.165, 1.54) is 0 Å². The number of rotatable bonds is 6. The van der Waals surface area contributed by atoms with Crippen LogP contribution in [0.15, 0.2) is 28.7 Å². The van der Waals surface area contributed by atoms with Crippen molar-refractivity contribution in [3.05, 3.63) is 45.7 Å². The lowest BCUT2D eigenvalue weighted by Gasteiger charge is -2.11. The van der Waals surface area contributed by atoms with Crippen molar-refractivity contribution in [1.82, 2.24) is 9.78 Å². The number of nitrogens with zero attached hydrogens (tertiary/aromatic N) is 2. The van der Waals surface area contributed by atoms with E-state index in [-0.39, 0.29) is 5.84 Å². The van der Waals surface area contributed by atoms with Gasteiger partial charge in [0.15, 0.2) is 0 Å². The Balaban J connectivity index is 2.25. The Morgan fingerprint density at radius 1 is 1.38 bits per heavy atom. The first kappa shape index (κ1) is 15.6. The first-order valence-corrected chi connectivity index (χ1v) is 7.68. The summed E-state index contributed by atoms with van der Waals surface area (Å²) in [6.07, 6.45) is 0.866. The van der Waals surface area contributed by atoms with E-state index < -0.39 is 0 Å². The maximum absolute atomic E-state index is 7.58. The van der Waals surface area contributed by atoms with Crippen LogP contribution in [-0.2, 0) is 19.6 Å². The zero-order chi connectivity index (χ0) is 15.4. The molecule has 2 rings (SSSR count). The second-order valence-electron chi connectivity index (χ2n) is 4.58. The lowest BCUT2D eigenvalue weighted by molar-refractivity contribution is 0.291. The first-order valence-electron chi connectivity index (χ1n) is 6.88. The smallest absolute Gasteiger partial charge is 0.131 e. The molecule has 0 saturated carbocycles. The highest BCUT2D eigenvalue weighted by atomic mass is 79.9. The number of amidine groups is 1.